The van der Waals surface area contributed by atoms with E-state index in [1.807, 2.05) is 0 Å². The van der Waals surface area contributed by atoms with Crippen LogP contribution in [0, 0.1) is 46.3 Å². The molecule has 8 atom stereocenters. The molecule has 1 unspecified atom stereocenters. The van der Waals surface area contributed by atoms with Gasteiger partial charge in [0.1, 0.15) is 0 Å². The molecule has 0 amide bonds. The van der Waals surface area contributed by atoms with Crippen LogP contribution >= 0.6 is 0 Å². The van der Waals surface area contributed by atoms with Gasteiger partial charge in [-0.2, -0.15) is 0 Å². The van der Waals surface area contributed by atoms with Crippen LogP contribution < -0.4 is 5.73 Å². The number of nitrogens with two attached hydrogens (primary N) is 1. The summed E-state index contributed by atoms with van der Waals surface area (Å²) in [4.78, 5) is 0. The second-order valence-corrected chi connectivity index (χ2v) is 13.2. The molecule has 0 aromatic rings. The van der Waals surface area contributed by atoms with Crippen molar-refractivity contribution in [3.63, 3.8) is 0 Å². The molecule has 0 saturated heterocycles. The minimum atomic E-state index is 0.439. The Bertz CT molecular complexity index is 655. The molecule has 0 bridgehead atoms. The third kappa shape index (κ3) is 4.61. The summed E-state index contributed by atoms with van der Waals surface area (Å²) in [6.45, 7) is 14.3. The summed E-state index contributed by atoms with van der Waals surface area (Å²) < 4.78 is 6.21. The van der Waals surface area contributed by atoms with Crippen molar-refractivity contribution in [3.8, 4) is 0 Å². The minimum absolute atomic E-state index is 0.439. The van der Waals surface area contributed by atoms with Crippen LogP contribution in [-0.4, -0.2) is 19.3 Å². The second-order valence-electron chi connectivity index (χ2n) is 13.2. The van der Waals surface area contributed by atoms with Gasteiger partial charge in [0, 0.05) is 6.61 Å². The first-order chi connectivity index (χ1) is 15.3. The molecule has 32 heavy (non-hydrogen) atoms. The molecule has 4 rings (SSSR count). The predicted octanol–water partition coefficient (Wildman–Crippen LogP) is 7.76. The summed E-state index contributed by atoms with van der Waals surface area (Å²) in [6, 6.07) is 0. The molecule has 0 aromatic carbocycles. The SMILES string of the molecule is CC(C)CCCC(C)[C@H]1CC[C@H]2[C@@H]3CC=C4C[C@@H](OCCCN)CC[C@]4(C)[C@H]3CC[C@]12C. The van der Waals surface area contributed by atoms with Crippen molar-refractivity contribution in [2.24, 2.45) is 52.1 Å². The number of fused-ring (bicyclic) bond motifs is 5. The van der Waals surface area contributed by atoms with Crippen LogP contribution in [0.25, 0.3) is 0 Å². The van der Waals surface area contributed by atoms with E-state index in [1.165, 1.54) is 70.6 Å². The van der Waals surface area contributed by atoms with Crippen LogP contribution in [0.5, 0.6) is 0 Å². The van der Waals surface area contributed by atoms with Gasteiger partial charge in [0.2, 0.25) is 0 Å². The van der Waals surface area contributed by atoms with E-state index in [-0.39, 0.29) is 0 Å². The summed E-state index contributed by atoms with van der Waals surface area (Å²) >= 11 is 0. The van der Waals surface area contributed by atoms with Crippen LogP contribution in [0.2, 0.25) is 0 Å². The molecule has 0 spiro atoms. The molecule has 3 saturated carbocycles. The first kappa shape index (κ1) is 24.8. The highest BCUT2D eigenvalue weighted by molar-refractivity contribution is 5.25. The smallest absolute Gasteiger partial charge is 0.0612 e. The highest BCUT2D eigenvalue weighted by Crippen LogP contribution is 2.67. The van der Waals surface area contributed by atoms with E-state index >= 15 is 0 Å². The summed E-state index contributed by atoms with van der Waals surface area (Å²) in [5, 5.41) is 0. The molecular formula is C30H53NO. The van der Waals surface area contributed by atoms with E-state index in [0.717, 1.165) is 55.1 Å². The largest absolute Gasteiger partial charge is 0.378 e. The first-order valence-electron chi connectivity index (χ1n) is 14.3. The van der Waals surface area contributed by atoms with E-state index < -0.39 is 0 Å². The summed E-state index contributed by atoms with van der Waals surface area (Å²) in [5.41, 5.74) is 8.47. The fraction of sp³-hybridized carbons (Fsp3) is 0.933. The Balaban J connectivity index is 1.42. The summed E-state index contributed by atoms with van der Waals surface area (Å²) in [7, 11) is 0. The Morgan fingerprint density at radius 3 is 2.56 bits per heavy atom. The van der Waals surface area contributed by atoms with Gasteiger partial charge in [-0.15, -0.1) is 0 Å². The molecule has 4 aliphatic carbocycles. The molecule has 2 heteroatoms. The average molecular weight is 444 g/mol. The third-order valence-electron chi connectivity index (χ3n) is 11.0. The third-order valence-corrected chi connectivity index (χ3v) is 11.0. The molecule has 0 radical (unpaired) electrons. The Morgan fingerprint density at radius 2 is 1.81 bits per heavy atom. The monoisotopic (exact) mass is 443 g/mol. The fourth-order valence-corrected chi connectivity index (χ4v) is 9.13. The van der Waals surface area contributed by atoms with Crippen molar-refractivity contribution in [2.75, 3.05) is 13.2 Å². The van der Waals surface area contributed by atoms with Crippen molar-refractivity contribution >= 4 is 0 Å². The van der Waals surface area contributed by atoms with Crippen molar-refractivity contribution in [3.05, 3.63) is 11.6 Å². The van der Waals surface area contributed by atoms with Crippen LogP contribution in [0.3, 0.4) is 0 Å². The summed E-state index contributed by atoms with van der Waals surface area (Å²) in [6.07, 6.45) is 19.5. The van der Waals surface area contributed by atoms with Gasteiger partial charge in [-0.1, -0.05) is 65.5 Å². The maximum Gasteiger partial charge on any atom is 0.0612 e. The Hall–Kier alpha value is -0.340. The number of allylic oxidation sites excluding steroid dienone is 1. The lowest BCUT2D eigenvalue weighted by molar-refractivity contribution is -0.0639. The average Bonchev–Trinajstić information content (AvgIpc) is 3.11. The molecule has 3 fully saturated rings. The first-order valence-corrected chi connectivity index (χ1v) is 14.3. The van der Waals surface area contributed by atoms with Crippen molar-refractivity contribution in [2.45, 2.75) is 118 Å². The standard InChI is InChI=1S/C30H53NO/c1-21(2)8-6-9-22(3)26-12-13-27-25-11-10-23-20-24(32-19-7-18-31)14-16-29(23,4)28(25)15-17-30(26,27)5/h10,21-22,24-28H,6-9,11-20,31H2,1-5H3/t22?,24-,25-,26+,27-,28-,29-,30+/m0/s1. The van der Waals surface area contributed by atoms with Crippen LogP contribution in [0.4, 0.5) is 0 Å². The van der Waals surface area contributed by atoms with Crippen molar-refractivity contribution < 1.29 is 4.74 Å². The maximum absolute atomic E-state index is 6.21. The Labute approximate surface area is 199 Å². The zero-order valence-corrected chi connectivity index (χ0v) is 22.0. The Kier molecular flexibility index (Phi) is 7.82. The van der Waals surface area contributed by atoms with E-state index in [1.54, 1.807) is 5.57 Å². The number of hydrogen-bond donors (Lipinski definition) is 1. The van der Waals surface area contributed by atoms with Crippen molar-refractivity contribution in [1.29, 1.82) is 0 Å². The highest BCUT2D eigenvalue weighted by atomic mass is 16.5. The quantitative estimate of drug-likeness (QED) is 0.292. The molecule has 0 aliphatic heterocycles. The molecule has 4 aliphatic rings. The summed E-state index contributed by atoms with van der Waals surface area (Å²) in [5.74, 6) is 5.55. The predicted molar refractivity (Wildman–Crippen MR) is 136 cm³/mol. The van der Waals surface area contributed by atoms with Gasteiger partial charge >= 0.3 is 0 Å². The van der Waals surface area contributed by atoms with E-state index in [2.05, 4.69) is 40.7 Å². The zero-order chi connectivity index (χ0) is 22.9. The van der Waals surface area contributed by atoms with Gasteiger partial charge in [0.05, 0.1) is 6.10 Å². The van der Waals surface area contributed by atoms with Crippen LogP contribution in [0.15, 0.2) is 11.6 Å². The van der Waals surface area contributed by atoms with Gasteiger partial charge in [0.15, 0.2) is 0 Å². The van der Waals surface area contributed by atoms with Crippen LogP contribution in [-0.2, 0) is 4.74 Å². The molecule has 0 aromatic heterocycles. The molecule has 2 N–H and O–H groups in total. The zero-order valence-electron chi connectivity index (χ0n) is 22.0. The molecule has 184 valence electrons. The van der Waals surface area contributed by atoms with Gasteiger partial charge in [-0.25, -0.2) is 0 Å². The van der Waals surface area contributed by atoms with Gasteiger partial charge in [-0.3, -0.25) is 0 Å². The molecule has 2 nitrogen and oxygen atoms in total. The fourth-order valence-electron chi connectivity index (χ4n) is 9.13. The van der Waals surface area contributed by atoms with Gasteiger partial charge < -0.3 is 10.5 Å². The number of ether oxygens (including phenoxy) is 1. The van der Waals surface area contributed by atoms with Crippen molar-refractivity contribution in [1.82, 2.24) is 0 Å². The van der Waals surface area contributed by atoms with E-state index in [9.17, 15) is 0 Å². The lowest BCUT2D eigenvalue weighted by atomic mass is 9.47. The lowest BCUT2D eigenvalue weighted by Gasteiger charge is -2.58. The van der Waals surface area contributed by atoms with E-state index in [4.69, 9.17) is 10.5 Å². The molecule has 0 heterocycles. The topological polar surface area (TPSA) is 35.2 Å². The van der Waals surface area contributed by atoms with Gasteiger partial charge in [0.25, 0.3) is 0 Å². The molecular weight excluding hydrogens is 390 g/mol. The van der Waals surface area contributed by atoms with Gasteiger partial charge in [-0.05, 0) is 111 Å². The lowest BCUT2D eigenvalue weighted by Crippen LogP contribution is -2.51. The van der Waals surface area contributed by atoms with E-state index in [0.29, 0.717) is 16.9 Å². The number of rotatable bonds is 9. The van der Waals surface area contributed by atoms with Crippen LogP contribution in [0.1, 0.15) is 112 Å². The second kappa shape index (κ2) is 10.1. The maximum atomic E-state index is 6.21. The normalized spacial score (nSPS) is 42.2. The number of hydrogen-bond acceptors (Lipinski definition) is 2. The highest BCUT2D eigenvalue weighted by Gasteiger charge is 2.59. The minimum Gasteiger partial charge on any atom is -0.378 e. The Morgan fingerprint density at radius 1 is 1.00 bits per heavy atom.